The molecule has 0 spiro atoms. The van der Waals surface area contributed by atoms with E-state index in [1.807, 2.05) is 6.92 Å². The standard InChI is InChI=1S/C17H30N2O6SSi/c1-8-12-11(2)14(25-27(6,7)17(3,4)5)15(23-12)19-10-9-13(18-16(19)20)24-26(21)22/h9-12,14-15H,8H2,1-7H3,(H,21,22)/t11-,12+,14?,15+/m0/s1. The van der Waals surface area contributed by atoms with Crippen molar-refractivity contribution in [3.8, 4) is 5.88 Å². The van der Waals surface area contributed by atoms with Gasteiger partial charge >= 0.3 is 17.1 Å². The second-order valence-electron chi connectivity index (χ2n) is 8.43. The van der Waals surface area contributed by atoms with Gasteiger partial charge in [0.1, 0.15) is 0 Å². The summed E-state index contributed by atoms with van der Waals surface area (Å²) in [5.74, 6) is -0.0982. The zero-order valence-corrected chi connectivity index (χ0v) is 18.8. The van der Waals surface area contributed by atoms with Crippen molar-refractivity contribution in [3.63, 3.8) is 0 Å². The van der Waals surface area contributed by atoms with Crippen LogP contribution in [0.25, 0.3) is 0 Å². The second kappa shape index (κ2) is 8.12. The molecule has 2 rings (SSSR count). The molecule has 0 bridgehead atoms. The Bertz CT molecular complexity index is 748. The average molecular weight is 419 g/mol. The molecule has 1 saturated heterocycles. The van der Waals surface area contributed by atoms with Gasteiger partial charge in [-0.15, -0.1) is 0 Å². The number of rotatable bonds is 6. The van der Waals surface area contributed by atoms with E-state index >= 15 is 0 Å². The monoisotopic (exact) mass is 418 g/mol. The third kappa shape index (κ3) is 4.86. The maximum Gasteiger partial charge on any atom is 0.359 e. The number of ether oxygens (including phenoxy) is 1. The Balaban J connectivity index is 2.38. The topological polar surface area (TPSA) is 99.9 Å². The van der Waals surface area contributed by atoms with Gasteiger partial charge in [-0.1, -0.05) is 34.6 Å². The highest BCUT2D eigenvalue weighted by Crippen LogP contribution is 2.43. The maximum absolute atomic E-state index is 12.5. The molecule has 1 aliphatic rings. The smallest absolute Gasteiger partial charge is 0.359 e. The summed E-state index contributed by atoms with van der Waals surface area (Å²) in [4.78, 5) is 16.2. The second-order valence-corrected chi connectivity index (χ2v) is 13.8. The first kappa shape index (κ1) is 22.2. The first-order valence-corrected chi connectivity index (χ1v) is 13.0. The highest BCUT2D eigenvalue weighted by atomic mass is 32.2. The summed E-state index contributed by atoms with van der Waals surface area (Å²) in [5, 5.41) is 0.0215. The van der Waals surface area contributed by atoms with Crippen molar-refractivity contribution < 1.29 is 22.1 Å². The Kier molecular flexibility index (Phi) is 6.68. The normalized spacial score (nSPS) is 27.6. The quantitative estimate of drug-likeness (QED) is 0.560. The molecule has 1 aliphatic heterocycles. The van der Waals surface area contributed by atoms with Crippen molar-refractivity contribution in [1.82, 2.24) is 9.55 Å². The Morgan fingerprint density at radius 3 is 2.52 bits per heavy atom. The van der Waals surface area contributed by atoms with E-state index in [0.29, 0.717) is 0 Å². The van der Waals surface area contributed by atoms with E-state index in [4.69, 9.17) is 13.7 Å². The van der Waals surface area contributed by atoms with E-state index in [2.05, 4.69) is 50.0 Å². The van der Waals surface area contributed by atoms with Crippen molar-refractivity contribution in [2.45, 2.75) is 77.6 Å². The van der Waals surface area contributed by atoms with Crippen LogP contribution in [0.4, 0.5) is 0 Å². The predicted octanol–water partition coefficient (Wildman–Crippen LogP) is 3.09. The zero-order valence-electron chi connectivity index (χ0n) is 17.0. The summed E-state index contributed by atoms with van der Waals surface area (Å²) in [7, 11) is -2.09. The van der Waals surface area contributed by atoms with Gasteiger partial charge in [0.25, 0.3) is 0 Å². The van der Waals surface area contributed by atoms with Crippen molar-refractivity contribution in [2.75, 3.05) is 0 Å². The van der Waals surface area contributed by atoms with E-state index in [-0.39, 0.29) is 29.0 Å². The summed E-state index contributed by atoms with van der Waals surface area (Å²) in [5.41, 5.74) is -0.615. The number of aromatic nitrogens is 2. The Morgan fingerprint density at radius 1 is 1.41 bits per heavy atom. The van der Waals surface area contributed by atoms with Crippen LogP contribution in [0.3, 0.4) is 0 Å². The van der Waals surface area contributed by atoms with Gasteiger partial charge in [-0.2, -0.15) is 9.19 Å². The molecule has 0 aliphatic carbocycles. The fourth-order valence-corrected chi connectivity index (χ4v) is 4.54. The highest BCUT2D eigenvalue weighted by Gasteiger charge is 2.48. The molecule has 1 N–H and O–H groups in total. The van der Waals surface area contributed by atoms with Crippen LogP contribution in [0.2, 0.25) is 18.1 Å². The van der Waals surface area contributed by atoms with Crippen molar-refractivity contribution in [3.05, 3.63) is 22.7 Å². The molecule has 2 unspecified atom stereocenters. The predicted molar refractivity (Wildman–Crippen MR) is 105 cm³/mol. The highest BCUT2D eigenvalue weighted by molar-refractivity contribution is 7.74. The van der Waals surface area contributed by atoms with Gasteiger partial charge in [0, 0.05) is 18.2 Å². The minimum Gasteiger partial charge on any atom is -0.409 e. The number of hydrogen-bond donors (Lipinski definition) is 1. The van der Waals surface area contributed by atoms with Gasteiger partial charge in [0.05, 0.1) is 12.2 Å². The zero-order chi connectivity index (χ0) is 20.6. The summed E-state index contributed by atoms with van der Waals surface area (Å²) in [6, 6.07) is 1.37. The molecule has 0 saturated carbocycles. The lowest BCUT2D eigenvalue weighted by Crippen LogP contribution is -2.47. The fraction of sp³-hybridized carbons (Fsp3) is 0.765. The third-order valence-corrected chi connectivity index (χ3v) is 10.4. The van der Waals surface area contributed by atoms with Crippen LogP contribution in [0.15, 0.2) is 17.1 Å². The molecule has 5 atom stereocenters. The lowest BCUT2D eigenvalue weighted by atomic mass is 9.99. The Labute approximate surface area is 163 Å². The van der Waals surface area contributed by atoms with Crippen LogP contribution in [0, 0.1) is 5.92 Å². The lowest BCUT2D eigenvalue weighted by Gasteiger charge is -2.40. The van der Waals surface area contributed by atoms with E-state index < -0.39 is 31.6 Å². The van der Waals surface area contributed by atoms with Gasteiger partial charge < -0.3 is 13.3 Å². The fourth-order valence-electron chi connectivity index (χ4n) is 2.94. The average Bonchev–Trinajstić information content (AvgIpc) is 2.82. The Morgan fingerprint density at radius 2 is 2.04 bits per heavy atom. The summed E-state index contributed by atoms with van der Waals surface area (Å²) in [6.07, 6.45) is 1.36. The molecular formula is C17H30N2O6SSi. The van der Waals surface area contributed by atoms with Crippen molar-refractivity contribution in [1.29, 1.82) is 0 Å². The summed E-state index contributed by atoms with van der Waals surface area (Å²) in [6.45, 7) is 15.0. The first-order valence-electron chi connectivity index (χ1n) is 9.09. The molecule has 0 amide bonds. The van der Waals surface area contributed by atoms with E-state index in [9.17, 15) is 9.00 Å². The molecule has 1 aromatic heterocycles. The van der Waals surface area contributed by atoms with Crippen LogP contribution in [0.5, 0.6) is 5.88 Å². The van der Waals surface area contributed by atoms with Gasteiger partial charge in [0.2, 0.25) is 5.88 Å². The van der Waals surface area contributed by atoms with Crippen LogP contribution in [-0.2, 0) is 20.5 Å². The van der Waals surface area contributed by atoms with Crippen molar-refractivity contribution in [2.24, 2.45) is 5.92 Å². The molecule has 0 aromatic carbocycles. The van der Waals surface area contributed by atoms with Gasteiger partial charge in [-0.3, -0.25) is 9.12 Å². The molecule has 8 nitrogen and oxygen atoms in total. The van der Waals surface area contributed by atoms with Crippen LogP contribution < -0.4 is 9.87 Å². The molecule has 10 heteroatoms. The van der Waals surface area contributed by atoms with Gasteiger partial charge in [-0.25, -0.2) is 4.79 Å². The SMILES string of the molecule is CC[C@H]1O[C@@H](n2ccc(OS(=O)O)nc2=O)C(O[Si](C)(C)C(C)(C)C)[C@H]1C. The molecule has 27 heavy (non-hydrogen) atoms. The van der Waals surface area contributed by atoms with Crippen LogP contribution >= 0.6 is 0 Å². The summed E-state index contributed by atoms with van der Waals surface area (Å²) >= 11 is -2.54. The van der Waals surface area contributed by atoms with Crippen LogP contribution in [-0.4, -0.2) is 38.8 Å². The molecule has 0 radical (unpaired) electrons. The third-order valence-electron chi connectivity index (χ3n) is 5.57. The van der Waals surface area contributed by atoms with Crippen molar-refractivity contribution >= 4 is 19.7 Å². The van der Waals surface area contributed by atoms with E-state index in [1.54, 1.807) is 0 Å². The minimum absolute atomic E-state index is 0.0215. The molecule has 1 fully saturated rings. The Hall–Kier alpha value is -1.07. The van der Waals surface area contributed by atoms with Gasteiger partial charge in [-0.05, 0) is 24.6 Å². The minimum atomic E-state index is -2.54. The maximum atomic E-state index is 12.5. The molecule has 1 aromatic rings. The number of hydrogen-bond acceptors (Lipinski definition) is 6. The summed E-state index contributed by atoms with van der Waals surface area (Å²) < 4.78 is 38.3. The molecular weight excluding hydrogens is 388 g/mol. The number of nitrogens with zero attached hydrogens (tertiary/aromatic N) is 2. The lowest BCUT2D eigenvalue weighted by molar-refractivity contribution is -0.0371. The van der Waals surface area contributed by atoms with E-state index in [0.717, 1.165) is 6.42 Å². The van der Waals surface area contributed by atoms with E-state index in [1.165, 1.54) is 16.8 Å². The molecule has 2 heterocycles. The van der Waals surface area contributed by atoms with Gasteiger partial charge in [0.15, 0.2) is 14.5 Å². The van der Waals surface area contributed by atoms with Crippen LogP contribution in [0.1, 0.15) is 47.3 Å². The largest absolute Gasteiger partial charge is 0.409 e. The first-order chi connectivity index (χ1) is 12.4. The molecule has 154 valence electrons.